The van der Waals surface area contributed by atoms with E-state index in [4.69, 9.17) is 28.0 Å². The van der Waals surface area contributed by atoms with Crippen LogP contribution in [0.4, 0.5) is 0 Å². The summed E-state index contributed by atoms with van der Waals surface area (Å²) in [5, 5.41) is 11.5. The molecule has 0 aromatic heterocycles. The molecule has 4 rings (SSSR count). The Morgan fingerprint density at radius 2 is 1.93 bits per heavy atom. The molecule has 2 N–H and O–H groups in total. The van der Waals surface area contributed by atoms with Crippen molar-refractivity contribution in [2.45, 2.75) is 6.04 Å². The van der Waals surface area contributed by atoms with Gasteiger partial charge in [-0.1, -0.05) is 54.1 Å². The number of carbonyl (C=O) groups is 1. The first-order valence-corrected chi connectivity index (χ1v) is 9.51. The number of hydrogen-bond donors (Lipinski definition) is 2. The second kappa shape index (κ2) is 8.10. The van der Waals surface area contributed by atoms with Gasteiger partial charge in [-0.2, -0.15) is 15.3 Å². The Morgan fingerprint density at radius 1 is 1.18 bits per heavy atom. The number of hydrazine groups is 2. The molecule has 2 aromatic carbocycles. The fourth-order valence-electron chi connectivity index (χ4n) is 2.96. The number of nitrogens with one attached hydrogen (secondary N) is 2. The maximum Gasteiger partial charge on any atom is 0.235 e. The molecule has 7 nitrogen and oxygen atoms in total. The van der Waals surface area contributed by atoms with E-state index in [2.05, 4.69) is 16.0 Å². The number of carbonyl (C=O) groups excluding carboxylic acids is 1. The highest BCUT2D eigenvalue weighted by Gasteiger charge is 2.33. The number of hydrazone groups is 1. The van der Waals surface area contributed by atoms with E-state index >= 15 is 0 Å². The summed E-state index contributed by atoms with van der Waals surface area (Å²) in [6.07, 6.45) is 1.80. The Labute approximate surface area is 172 Å². The predicted molar refractivity (Wildman–Crippen MR) is 108 cm³/mol. The second-order valence-corrected chi connectivity index (χ2v) is 6.90. The highest BCUT2D eigenvalue weighted by atomic mass is 35.5. The van der Waals surface area contributed by atoms with Crippen molar-refractivity contribution >= 4 is 40.6 Å². The quantitative estimate of drug-likeness (QED) is 0.731. The van der Waals surface area contributed by atoms with E-state index < -0.39 is 0 Å². The molecule has 0 saturated heterocycles. The molecule has 0 bridgehead atoms. The van der Waals surface area contributed by atoms with Crippen molar-refractivity contribution in [3.05, 3.63) is 76.9 Å². The molecule has 2 aliphatic rings. The summed E-state index contributed by atoms with van der Waals surface area (Å²) in [7, 11) is 0. The zero-order chi connectivity index (χ0) is 19.5. The monoisotopic (exact) mass is 417 g/mol. The first kappa shape index (κ1) is 18.6. The van der Waals surface area contributed by atoms with Crippen molar-refractivity contribution in [3.8, 4) is 0 Å². The van der Waals surface area contributed by atoms with E-state index in [1.165, 1.54) is 0 Å². The van der Waals surface area contributed by atoms with Crippen LogP contribution in [0.15, 0.2) is 65.9 Å². The Hall–Kier alpha value is -2.74. The van der Waals surface area contributed by atoms with Gasteiger partial charge in [-0.3, -0.25) is 4.79 Å². The molecule has 0 saturated carbocycles. The predicted octanol–water partition coefficient (Wildman–Crippen LogP) is 2.75. The van der Waals surface area contributed by atoms with Crippen LogP contribution in [0.2, 0.25) is 5.02 Å². The van der Waals surface area contributed by atoms with Crippen LogP contribution in [-0.4, -0.2) is 40.3 Å². The fraction of sp³-hybridized carbons (Fsp3) is 0.158. The summed E-state index contributed by atoms with van der Waals surface area (Å²) >= 11 is 11.6. The van der Waals surface area contributed by atoms with Gasteiger partial charge < -0.3 is 10.2 Å². The smallest absolute Gasteiger partial charge is 0.235 e. The Bertz CT molecular complexity index is 918. The van der Waals surface area contributed by atoms with Gasteiger partial charge in [0, 0.05) is 16.1 Å². The lowest BCUT2D eigenvalue weighted by atomic mass is 10.0. The SMILES string of the molecule is O=C(CCl)NC1CN(N2C=C(c3ccccc3)ON2)N=C1c1ccc(Cl)cc1. The third kappa shape index (κ3) is 3.91. The van der Waals surface area contributed by atoms with Gasteiger partial charge in [0.05, 0.1) is 24.5 Å². The average Bonchev–Trinajstić information content (AvgIpc) is 3.37. The van der Waals surface area contributed by atoms with Crippen molar-refractivity contribution in [1.29, 1.82) is 0 Å². The van der Waals surface area contributed by atoms with Crippen molar-refractivity contribution in [2.24, 2.45) is 5.10 Å². The number of halogens is 2. The van der Waals surface area contributed by atoms with Crippen molar-refractivity contribution in [1.82, 2.24) is 21.1 Å². The molecule has 144 valence electrons. The minimum Gasteiger partial charge on any atom is -0.385 e. The maximum atomic E-state index is 11.9. The van der Waals surface area contributed by atoms with E-state index in [0.717, 1.165) is 11.1 Å². The molecular formula is C19H17Cl2N5O2. The van der Waals surface area contributed by atoms with Crippen LogP contribution >= 0.6 is 23.2 Å². The van der Waals surface area contributed by atoms with Crippen LogP contribution in [0.3, 0.4) is 0 Å². The number of nitrogens with zero attached hydrogens (tertiary/aromatic N) is 3. The van der Waals surface area contributed by atoms with Crippen molar-refractivity contribution in [2.75, 3.05) is 12.4 Å². The standard InChI is InChI=1S/C19H17Cl2N5O2/c20-10-18(27)22-16-11-25(23-19(16)14-6-8-15(21)9-7-14)26-12-17(28-24-26)13-4-2-1-3-5-13/h1-9,12,16,24H,10-11H2,(H,22,27). The molecular weight excluding hydrogens is 401 g/mol. The normalized spacial score (nSPS) is 18.6. The largest absolute Gasteiger partial charge is 0.385 e. The molecule has 2 aliphatic heterocycles. The number of amides is 1. The second-order valence-electron chi connectivity index (χ2n) is 6.20. The third-order valence-corrected chi connectivity index (χ3v) is 4.79. The summed E-state index contributed by atoms with van der Waals surface area (Å²) in [6, 6.07) is 16.7. The zero-order valence-electron chi connectivity index (χ0n) is 14.7. The van der Waals surface area contributed by atoms with Gasteiger partial charge >= 0.3 is 0 Å². The van der Waals surface area contributed by atoms with Crippen molar-refractivity contribution < 1.29 is 9.63 Å². The van der Waals surface area contributed by atoms with E-state index in [-0.39, 0.29) is 17.8 Å². The molecule has 2 aromatic rings. The van der Waals surface area contributed by atoms with E-state index in [9.17, 15) is 4.79 Å². The summed E-state index contributed by atoms with van der Waals surface area (Å²) in [5.74, 6) is 0.284. The summed E-state index contributed by atoms with van der Waals surface area (Å²) < 4.78 is 0. The summed E-state index contributed by atoms with van der Waals surface area (Å²) in [4.78, 5) is 17.4. The van der Waals surface area contributed by atoms with Crippen LogP contribution in [0.5, 0.6) is 0 Å². The van der Waals surface area contributed by atoms with Crippen molar-refractivity contribution in [3.63, 3.8) is 0 Å². The lowest BCUT2D eigenvalue weighted by molar-refractivity contribution is -0.119. The van der Waals surface area contributed by atoms with Crippen LogP contribution in [0, 0.1) is 0 Å². The lowest BCUT2D eigenvalue weighted by Crippen LogP contribution is -2.47. The number of hydrogen-bond acceptors (Lipinski definition) is 6. The number of benzene rings is 2. The number of alkyl halides is 1. The highest BCUT2D eigenvalue weighted by Crippen LogP contribution is 2.24. The molecule has 1 unspecified atom stereocenters. The van der Waals surface area contributed by atoms with Crippen LogP contribution < -0.4 is 10.9 Å². The van der Waals surface area contributed by atoms with Gasteiger partial charge in [0.25, 0.3) is 0 Å². The molecule has 1 amide bonds. The van der Waals surface area contributed by atoms with Gasteiger partial charge in [-0.15, -0.1) is 11.6 Å². The molecule has 0 radical (unpaired) electrons. The molecule has 2 heterocycles. The third-order valence-electron chi connectivity index (χ3n) is 4.29. The van der Waals surface area contributed by atoms with E-state index in [1.807, 2.05) is 42.5 Å². The fourth-order valence-corrected chi connectivity index (χ4v) is 3.16. The Morgan fingerprint density at radius 3 is 2.64 bits per heavy atom. The Kier molecular flexibility index (Phi) is 5.38. The van der Waals surface area contributed by atoms with Gasteiger partial charge in [-0.25, -0.2) is 0 Å². The zero-order valence-corrected chi connectivity index (χ0v) is 16.2. The molecule has 0 fully saturated rings. The topological polar surface area (TPSA) is 69.2 Å². The summed E-state index contributed by atoms with van der Waals surface area (Å²) in [6.45, 7) is 0.412. The van der Waals surface area contributed by atoms with Gasteiger partial charge in [-0.05, 0) is 17.7 Å². The number of rotatable bonds is 5. The summed E-state index contributed by atoms with van der Waals surface area (Å²) in [5.41, 5.74) is 5.32. The minimum absolute atomic E-state index is 0.118. The highest BCUT2D eigenvalue weighted by molar-refractivity contribution is 6.30. The molecule has 0 spiro atoms. The first-order chi connectivity index (χ1) is 13.6. The van der Waals surface area contributed by atoms with E-state index in [0.29, 0.717) is 23.0 Å². The minimum atomic E-state index is -0.330. The van der Waals surface area contributed by atoms with Crippen LogP contribution in [-0.2, 0) is 9.63 Å². The maximum absolute atomic E-state index is 11.9. The first-order valence-electron chi connectivity index (χ1n) is 8.60. The van der Waals surface area contributed by atoms with Crippen LogP contribution in [0.1, 0.15) is 11.1 Å². The van der Waals surface area contributed by atoms with Crippen LogP contribution in [0.25, 0.3) is 5.76 Å². The molecule has 0 aliphatic carbocycles. The molecule has 9 heteroatoms. The Balaban J connectivity index is 1.58. The molecule has 1 atom stereocenters. The van der Waals surface area contributed by atoms with E-state index in [1.54, 1.807) is 28.6 Å². The van der Waals surface area contributed by atoms with Gasteiger partial charge in [0.1, 0.15) is 5.88 Å². The molecule has 28 heavy (non-hydrogen) atoms. The average molecular weight is 418 g/mol. The van der Waals surface area contributed by atoms with Gasteiger partial charge in [0.2, 0.25) is 5.91 Å². The lowest BCUT2D eigenvalue weighted by Gasteiger charge is -2.24. The van der Waals surface area contributed by atoms with Gasteiger partial charge in [0.15, 0.2) is 5.76 Å².